The Morgan fingerprint density at radius 1 is 1.56 bits per heavy atom. The number of hydrogen-bond acceptors (Lipinski definition) is 3. The molecule has 1 rings (SSSR count). The average Bonchev–Trinajstić information content (AvgIpc) is 2.25. The first-order valence-corrected chi connectivity index (χ1v) is 5.16. The van der Waals surface area contributed by atoms with Gasteiger partial charge in [-0.3, -0.25) is 4.79 Å². The van der Waals surface area contributed by atoms with Crippen molar-refractivity contribution in [1.29, 1.82) is 0 Å². The molecule has 1 unspecified atom stereocenters. The molecule has 1 atom stereocenters. The summed E-state index contributed by atoms with van der Waals surface area (Å²) in [5, 5.41) is 9.31. The third kappa shape index (κ3) is 3.31. The second-order valence-corrected chi connectivity index (χ2v) is 3.57. The standard InChI is InChI=1S/C12H15FO3/c1-3-10(15)7-16-12-6-9(13)4-5-11(12)8(2)14/h4-6,10,15H,3,7H2,1-2H3. The lowest BCUT2D eigenvalue weighted by molar-refractivity contribution is 0.0965. The molecule has 0 aliphatic heterocycles. The highest BCUT2D eigenvalue weighted by molar-refractivity contribution is 5.96. The predicted octanol–water partition coefficient (Wildman–Crippen LogP) is 2.18. The highest BCUT2D eigenvalue weighted by atomic mass is 19.1. The zero-order valence-electron chi connectivity index (χ0n) is 9.37. The maximum absolute atomic E-state index is 13.0. The second kappa shape index (κ2) is 5.61. The van der Waals surface area contributed by atoms with Gasteiger partial charge in [0.05, 0.1) is 11.7 Å². The van der Waals surface area contributed by atoms with E-state index in [2.05, 4.69) is 0 Å². The molecule has 16 heavy (non-hydrogen) atoms. The van der Waals surface area contributed by atoms with Crippen LogP contribution in [0.3, 0.4) is 0 Å². The molecule has 0 aliphatic carbocycles. The van der Waals surface area contributed by atoms with Crippen LogP contribution < -0.4 is 4.74 Å². The van der Waals surface area contributed by atoms with E-state index < -0.39 is 11.9 Å². The van der Waals surface area contributed by atoms with Gasteiger partial charge in [-0.15, -0.1) is 0 Å². The molecule has 0 saturated carbocycles. The zero-order chi connectivity index (χ0) is 12.1. The van der Waals surface area contributed by atoms with E-state index >= 15 is 0 Å². The van der Waals surface area contributed by atoms with Crippen LogP contribution in [0.4, 0.5) is 4.39 Å². The highest BCUT2D eigenvalue weighted by Gasteiger charge is 2.11. The van der Waals surface area contributed by atoms with E-state index in [0.717, 1.165) is 6.07 Å². The minimum Gasteiger partial charge on any atom is -0.490 e. The van der Waals surface area contributed by atoms with Crippen LogP contribution in [0.1, 0.15) is 30.6 Å². The number of Topliss-reactive ketones (excluding diaryl/α,β-unsaturated/α-hetero) is 1. The Kier molecular flexibility index (Phi) is 4.43. The molecule has 1 N–H and O–H groups in total. The predicted molar refractivity (Wildman–Crippen MR) is 58.2 cm³/mol. The second-order valence-electron chi connectivity index (χ2n) is 3.57. The van der Waals surface area contributed by atoms with Crippen LogP contribution >= 0.6 is 0 Å². The van der Waals surface area contributed by atoms with Gasteiger partial charge < -0.3 is 9.84 Å². The van der Waals surface area contributed by atoms with Crippen molar-refractivity contribution in [2.24, 2.45) is 0 Å². The molecule has 0 amide bonds. The summed E-state index contributed by atoms with van der Waals surface area (Å²) in [7, 11) is 0. The summed E-state index contributed by atoms with van der Waals surface area (Å²) in [6, 6.07) is 3.74. The highest BCUT2D eigenvalue weighted by Crippen LogP contribution is 2.20. The normalized spacial score (nSPS) is 12.2. The van der Waals surface area contributed by atoms with Gasteiger partial charge in [0.2, 0.25) is 0 Å². The molecule has 1 aromatic carbocycles. The van der Waals surface area contributed by atoms with E-state index in [1.807, 2.05) is 6.92 Å². The molecule has 0 spiro atoms. The number of aliphatic hydroxyl groups is 1. The van der Waals surface area contributed by atoms with Gasteiger partial charge in [0, 0.05) is 6.07 Å². The molecule has 0 fully saturated rings. The average molecular weight is 226 g/mol. The fourth-order valence-corrected chi connectivity index (χ4v) is 1.21. The van der Waals surface area contributed by atoms with E-state index in [1.54, 1.807) is 0 Å². The van der Waals surface area contributed by atoms with E-state index in [0.29, 0.717) is 12.0 Å². The topological polar surface area (TPSA) is 46.5 Å². The Labute approximate surface area is 93.9 Å². The lowest BCUT2D eigenvalue weighted by Crippen LogP contribution is -2.17. The number of aliphatic hydroxyl groups excluding tert-OH is 1. The minimum atomic E-state index is -0.608. The molecule has 0 radical (unpaired) electrons. The largest absolute Gasteiger partial charge is 0.490 e. The lowest BCUT2D eigenvalue weighted by Gasteiger charge is -2.12. The number of benzene rings is 1. The summed E-state index contributed by atoms with van der Waals surface area (Å²) in [5.74, 6) is -0.480. The van der Waals surface area contributed by atoms with Crippen LogP contribution in [-0.2, 0) is 0 Å². The molecular weight excluding hydrogens is 211 g/mol. The van der Waals surface area contributed by atoms with E-state index in [-0.39, 0.29) is 18.1 Å². The Bertz CT molecular complexity index is 377. The lowest BCUT2D eigenvalue weighted by atomic mass is 10.1. The Hall–Kier alpha value is -1.42. The fraction of sp³-hybridized carbons (Fsp3) is 0.417. The van der Waals surface area contributed by atoms with Crippen LogP contribution in [0.15, 0.2) is 18.2 Å². The van der Waals surface area contributed by atoms with E-state index in [4.69, 9.17) is 4.74 Å². The van der Waals surface area contributed by atoms with Gasteiger partial charge in [-0.2, -0.15) is 0 Å². The Balaban J connectivity index is 2.84. The van der Waals surface area contributed by atoms with Gasteiger partial charge in [0.25, 0.3) is 0 Å². The third-order valence-electron chi connectivity index (χ3n) is 2.23. The smallest absolute Gasteiger partial charge is 0.163 e. The van der Waals surface area contributed by atoms with Gasteiger partial charge in [-0.25, -0.2) is 4.39 Å². The van der Waals surface area contributed by atoms with Crippen LogP contribution in [0, 0.1) is 5.82 Å². The van der Waals surface area contributed by atoms with Gasteiger partial charge in [-0.05, 0) is 25.5 Å². The molecule has 0 heterocycles. The van der Waals surface area contributed by atoms with Crippen molar-refractivity contribution in [1.82, 2.24) is 0 Å². The number of hydrogen-bond donors (Lipinski definition) is 1. The first-order chi connectivity index (χ1) is 7.54. The molecule has 0 saturated heterocycles. The number of carbonyl (C=O) groups is 1. The number of carbonyl (C=O) groups excluding carboxylic acids is 1. The molecule has 4 heteroatoms. The fourth-order valence-electron chi connectivity index (χ4n) is 1.21. The van der Waals surface area contributed by atoms with Gasteiger partial charge in [0.1, 0.15) is 18.2 Å². The van der Waals surface area contributed by atoms with Gasteiger partial charge >= 0.3 is 0 Å². The minimum absolute atomic E-state index is 0.0558. The molecule has 1 aromatic rings. The third-order valence-corrected chi connectivity index (χ3v) is 2.23. The van der Waals surface area contributed by atoms with Crippen molar-refractivity contribution in [2.75, 3.05) is 6.61 Å². The first kappa shape index (κ1) is 12.6. The van der Waals surface area contributed by atoms with Crippen molar-refractivity contribution in [3.8, 4) is 5.75 Å². The van der Waals surface area contributed by atoms with Crippen molar-refractivity contribution < 1.29 is 19.0 Å². The number of halogens is 1. The molecule has 0 aliphatic rings. The quantitative estimate of drug-likeness (QED) is 0.783. The molecule has 0 bridgehead atoms. The van der Waals surface area contributed by atoms with Crippen LogP contribution in [0.5, 0.6) is 5.75 Å². The molecule has 88 valence electrons. The van der Waals surface area contributed by atoms with Crippen LogP contribution in [-0.4, -0.2) is 23.6 Å². The van der Waals surface area contributed by atoms with E-state index in [1.165, 1.54) is 19.1 Å². The first-order valence-electron chi connectivity index (χ1n) is 5.16. The number of rotatable bonds is 5. The summed E-state index contributed by atoms with van der Waals surface area (Å²) < 4.78 is 18.2. The van der Waals surface area contributed by atoms with E-state index in [9.17, 15) is 14.3 Å². The van der Waals surface area contributed by atoms with Gasteiger partial charge in [-0.1, -0.05) is 6.92 Å². The summed E-state index contributed by atoms with van der Waals surface area (Å²) in [6.45, 7) is 3.25. The summed E-state index contributed by atoms with van der Waals surface area (Å²) in [6.07, 6.45) is -0.0619. The Morgan fingerprint density at radius 3 is 2.81 bits per heavy atom. The maximum Gasteiger partial charge on any atom is 0.163 e. The molecular formula is C12H15FO3. The van der Waals surface area contributed by atoms with Crippen molar-refractivity contribution in [2.45, 2.75) is 26.4 Å². The number of ketones is 1. The number of ether oxygens (including phenoxy) is 1. The van der Waals surface area contributed by atoms with Crippen LogP contribution in [0.2, 0.25) is 0 Å². The van der Waals surface area contributed by atoms with Crippen molar-refractivity contribution in [3.05, 3.63) is 29.6 Å². The van der Waals surface area contributed by atoms with Crippen molar-refractivity contribution in [3.63, 3.8) is 0 Å². The summed E-state index contributed by atoms with van der Waals surface area (Å²) in [5.41, 5.74) is 0.324. The van der Waals surface area contributed by atoms with Crippen molar-refractivity contribution >= 4 is 5.78 Å². The summed E-state index contributed by atoms with van der Waals surface area (Å²) in [4.78, 5) is 11.2. The zero-order valence-corrected chi connectivity index (χ0v) is 9.37. The molecule has 3 nitrogen and oxygen atoms in total. The van der Waals surface area contributed by atoms with Gasteiger partial charge in [0.15, 0.2) is 5.78 Å². The molecule has 0 aromatic heterocycles. The monoisotopic (exact) mass is 226 g/mol. The summed E-state index contributed by atoms with van der Waals surface area (Å²) >= 11 is 0. The SMILES string of the molecule is CCC(O)COc1cc(F)ccc1C(C)=O. The maximum atomic E-state index is 13.0. The van der Waals surface area contributed by atoms with Crippen LogP contribution in [0.25, 0.3) is 0 Å². The Morgan fingerprint density at radius 2 is 2.25 bits per heavy atom.